The van der Waals surface area contributed by atoms with Gasteiger partial charge >= 0.3 is 0 Å². The van der Waals surface area contributed by atoms with Gasteiger partial charge in [0, 0.05) is 0 Å². The third kappa shape index (κ3) is 4.32. The molecule has 0 rings (SSSR count). The Morgan fingerprint density at radius 1 is 1.45 bits per heavy atom. The van der Waals surface area contributed by atoms with Crippen LogP contribution in [0.4, 0.5) is 0 Å². The second-order valence-electron chi connectivity index (χ2n) is 1.74. The minimum Gasteiger partial charge on any atom is -0.269 e. The predicted molar refractivity (Wildman–Crippen MR) is 42.3 cm³/mol. The van der Waals surface area contributed by atoms with E-state index >= 15 is 0 Å². The molecule has 0 bridgehead atoms. The molecule has 11 heavy (non-hydrogen) atoms. The largest absolute Gasteiger partial charge is 0.269 e. The van der Waals surface area contributed by atoms with Crippen molar-refractivity contribution in [2.24, 2.45) is 0 Å². The summed E-state index contributed by atoms with van der Waals surface area (Å²) in [4.78, 5) is 10.5. The molecular formula is C6H9NO3S. The molecule has 62 valence electrons. The lowest BCUT2D eigenvalue weighted by atomic mass is 10.6. The van der Waals surface area contributed by atoms with E-state index in [1.165, 1.54) is 6.08 Å². The maximum atomic E-state index is 10.7. The molecule has 1 N–H and O–H groups in total. The normalized spacial score (nSPS) is 10.2. The highest BCUT2D eigenvalue weighted by atomic mass is 32.2. The van der Waals surface area contributed by atoms with Gasteiger partial charge in [0.25, 0.3) is 5.91 Å². The zero-order valence-electron chi connectivity index (χ0n) is 5.91. The van der Waals surface area contributed by atoms with E-state index in [1.54, 1.807) is 4.72 Å². The van der Waals surface area contributed by atoms with Gasteiger partial charge < -0.3 is 0 Å². The fourth-order valence-electron chi connectivity index (χ4n) is 0.392. The highest BCUT2D eigenvalue weighted by Gasteiger charge is 2.08. The van der Waals surface area contributed by atoms with Crippen LogP contribution in [0.2, 0.25) is 0 Å². The van der Waals surface area contributed by atoms with E-state index in [-0.39, 0.29) is 5.75 Å². The van der Waals surface area contributed by atoms with Crippen LogP contribution >= 0.6 is 0 Å². The van der Waals surface area contributed by atoms with Crippen molar-refractivity contribution in [1.29, 1.82) is 0 Å². The first-order valence-corrected chi connectivity index (χ1v) is 4.45. The van der Waals surface area contributed by atoms with Gasteiger partial charge in [-0.1, -0.05) is 12.7 Å². The summed E-state index contributed by atoms with van der Waals surface area (Å²) in [5, 5.41) is 0. The monoisotopic (exact) mass is 175 g/mol. The number of rotatable bonds is 4. The van der Waals surface area contributed by atoms with Crippen molar-refractivity contribution in [2.75, 3.05) is 5.75 Å². The highest BCUT2D eigenvalue weighted by molar-refractivity contribution is 7.90. The lowest BCUT2D eigenvalue weighted by Crippen LogP contribution is -2.30. The summed E-state index contributed by atoms with van der Waals surface area (Å²) in [5.74, 6) is -1.00. The summed E-state index contributed by atoms with van der Waals surface area (Å²) in [6, 6.07) is 0. The lowest BCUT2D eigenvalue weighted by molar-refractivity contribution is -0.114. The van der Waals surface area contributed by atoms with Gasteiger partial charge in [0.2, 0.25) is 10.0 Å². The number of hydrogen-bond acceptors (Lipinski definition) is 3. The molecule has 0 atom stereocenters. The van der Waals surface area contributed by atoms with E-state index in [4.69, 9.17) is 0 Å². The third-order valence-electron chi connectivity index (χ3n) is 0.779. The smallest absolute Gasteiger partial charge is 0.256 e. The Hall–Kier alpha value is -1.10. The Bertz CT molecular complexity index is 266. The van der Waals surface area contributed by atoms with Crippen LogP contribution in [0.25, 0.3) is 0 Å². The Kier molecular flexibility index (Phi) is 3.53. The van der Waals surface area contributed by atoms with Gasteiger partial charge in [-0.15, -0.1) is 6.58 Å². The SMILES string of the molecule is C=CCS(=O)(=O)NC(=O)C=C. The molecular weight excluding hydrogens is 166 g/mol. The fourth-order valence-corrected chi connectivity index (χ4v) is 1.18. The fraction of sp³-hybridized carbons (Fsp3) is 0.167. The van der Waals surface area contributed by atoms with Gasteiger partial charge in [0.15, 0.2) is 0 Å². The molecule has 5 heteroatoms. The molecule has 0 aromatic heterocycles. The average Bonchev–Trinajstić information content (AvgIpc) is 1.86. The molecule has 0 fully saturated rings. The predicted octanol–water partition coefficient (Wildman–Crippen LogP) is -0.196. The van der Waals surface area contributed by atoms with Crippen LogP contribution in [-0.4, -0.2) is 20.1 Å². The molecule has 0 saturated carbocycles. The van der Waals surface area contributed by atoms with E-state index in [9.17, 15) is 13.2 Å². The molecule has 0 aliphatic carbocycles. The van der Waals surface area contributed by atoms with Crippen molar-refractivity contribution < 1.29 is 13.2 Å². The van der Waals surface area contributed by atoms with Gasteiger partial charge in [-0.3, -0.25) is 4.79 Å². The number of sulfonamides is 1. The Labute approximate surface area is 65.7 Å². The Morgan fingerprint density at radius 3 is 2.36 bits per heavy atom. The molecule has 0 aliphatic heterocycles. The first-order valence-electron chi connectivity index (χ1n) is 2.79. The summed E-state index contributed by atoms with van der Waals surface area (Å²) in [5.41, 5.74) is 0. The topological polar surface area (TPSA) is 63.2 Å². The van der Waals surface area contributed by atoms with Gasteiger partial charge in [0.1, 0.15) is 0 Å². The van der Waals surface area contributed by atoms with E-state index in [0.29, 0.717) is 0 Å². The van der Waals surface area contributed by atoms with Gasteiger partial charge in [-0.05, 0) is 6.08 Å². The van der Waals surface area contributed by atoms with Crippen LogP contribution in [0, 0.1) is 0 Å². The minimum absolute atomic E-state index is 0.271. The van der Waals surface area contributed by atoms with Crippen LogP contribution in [0.5, 0.6) is 0 Å². The number of amides is 1. The quantitative estimate of drug-likeness (QED) is 0.475. The van der Waals surface area contributed by atoms with E-state index in [1.807, 2.05) is 0 Å². The summed E-state index contributed by atoms with van der Waals surface area (Å²) in [6.07, 6.45) is 2.08. The Morgan fingerprint density at radius 2 is 2.00 bits per heavy atom. The van der Waals surface area contributed by atoms with Crippen LogP contribution in [-0.2, 0) is 14.8 Å². The average molecular weight is 175 g/mol. The number of hydrogen-bond donors (Lipinski definition) is 1. The molecule has 0 radical (unpaired) electrons. The van der Waals surface area contributed by atoms with Crippen molar-refractivity contribution in [3.8, 4) is 0 Å². The lowest BCUT2D eigenvalue weighted by Gasteiger charge is -1.99. The number of carbonyl (C=O) groups is 1. The molecule has 1 amide bonds. The van der Waals surface area contributed by atoms with E-state index in [0.717, 1.165) is 6.08 Å². The first-order chi connectivity index (χ1) is 5.02. The molecule has 0 aliphatic rings. The molecule has 0 heterocycles. The molecule has 0 aromatic carbocycles. The summed E-state index contributed by atoms with van der Waals surface area (Å²) >= 11 is 0. The minimum atomic E-state index is -3.53. The van der Waals surface area contributed by atoms with Crippen LogP contribution < -0.4 is 4.72 Å². The summed E-state index contributed by atoms with van der Waals surface area (Å²) in [6.45, 7) is 6.33. The molecule has 4 nitrogen and oxygen atoms in total. The second-order valence-corrected chi connectivity index (χ2v) is 3.51. The van der Waals surface area contributed by atoms with Crippen molar-refractivity contribution in [1.82, 2.24) is 4.72 Å². The number of nitrogens with one attached hydrogen (secondary N) is 1. The van der Waals surface area contributed by atoms with Crippen LogP contribution in [0.1, 0.15) is 0 Å². The Balaban J connectivity index is 4.24. The first kappa shape index (κ1) is 9.90. The molecule has 0 spiro atoms. The molecule has 0 aromatic rings. The zero-order chi connectivity index (χ0) is 8.91. The van der Waals surface area contributed by atoms with Gasteiger partial charge in [-0.25, -0.2) is 13.1 Å². The maximum absolute atomic E-state index is 10.7. The van der Waals surface area contributed by atoms with Gasteiger partial charge in [-0.2, -0.15) is 0 Å². The van der Waals surface area contributed by atoms with Crippen LogP contribution in [0.3, 0.4) is 0 Å². The summed E-state index contributed by atoms with van der Waals surface area (Å²) in [7, 11) is -3.53. The molecule has 0 saturated heterocycles. The van der Waals surface area contributed by atoms with Gasteiger partial charge in [0.05, 0.1) is 5.75 Å². The highest BCUT2D eigenvalue weighted by Crippen LogP contribution is 1.84. The van der Waals surface area contributed by atoms with Crippen LogP contribution in [0.15, 0.2) is 25.3 Å². The molecule has 0 unspecified atom stereocenters. The third-order valence-corrected chi connectivity index (χ3v) is 1.97. The van der Waals surface area contributed by atoms with E-state index in [2.05, 4.69) is 13.2 Å². The zero-order valence-corrected chi connectivity index (χ0v) is 6.73. The summed E-state index contributed by atoms with van der Waals surface area (Å²) < 4.78 is 23.2. The maximum Gasteiger partial charge on any atom is 0.256 e. The van der Waals surface area contributed by atoms with Crippen molar-refractivity contribution in [3.05, 3.63) is 25.3 Å². The number of carbonyl (C=O) groups excluding carboxylic acids is 1. The van der Waals surface area contributed by atoms with E-state index < -0.39 is 15.9 Å². The van der Waals surface area contributed by atoms with Crippen molar-refractivity contribution in [3.63, 3.8) is 0 Å². The van der Waals surface area contributed by atoms with Crippen molar-refractivity contribution >= 4 is 15.9 Å². The van der Waals surface area contributed by atoms with Crippen molar-refractivity contribution in [2.45, 2.75) is 0 Å². The second kappa shape index (κ2) is 3.92. The standard InChI is InChI=1S/C6H9NO3S/c1-3-5-11(9,10)7-6(8)4-2/h3-4H,1-2,5H2,(H,7,8).